The lowest BCUT2D eigenvalue weighted by Gasteiger charge is -2.34. The molecule has 0 N–H and O–H groups in total. The predicted molar refractivity (Wildman–Crippen MR) is 257 cm³/mol. The van der Waals surface area contributed by atoms with Gasteiger partial charge in [0, 0.05) is 20.3 Å². The summed E-state index contributed by atoms with van der Waals surface area (Å²) in [5, 5.41) is 3.57. The Kier molecular flexibility index (Phi) is 8.33. The van der Waals surface area contributed by atoms with E-state index in [4.69, 9.17) is 4.42 Å². The third kappa shape index (κ3) is 5.75. The summed E-state index contributed by atoms with van der Waals surface area (Å²) in [6, 6.07) is 81.8. The van der Waals surface area contributed by atoms with Crippen molar-refractivity contribution in [2.75, 3.05) is 0 Å². The van der Waals surface area contributed by atoms with Crippen LogP contribution in [0.4, 0.5) is 0 Å². The fraction of sp³-hybridized carbons (Fsp3) is 0.0169. The van der Waals surface area contributed by atoms with Crippen LogP contribution in [0.15, 0.2) is 229 Å². The quantitative estimate of drug-likeness (QED) is 0.147. The van der Waals surface area contributed by atoms with Gasteiger partial charge in [0.05, 0.1) is 5.41 Å². The Labute approximate surface area is 359 Å². The summed E-state index contributed by atoms with van der Waals surface area (Å²) in [5.41, 5.74) is 17.3. The van der Waals surface area contributed by atoms with E-state index >= 15 is 0 Å². The zero-order valence-electron chi connectivity index (χ0n) is 33.3. The first-order valence-corrected chi connectivity index (χ1v) is 21.7. The van der Waals surface area contributed by atoms with Gasteiger partial charge in [-0.2, -0.15) is 0 Å². The van der Waals surface area contributed by atoms with Gasteiger partial charge < -0.3 is 4.42 Å². The average molecular weight is 795 g/mol. The summed E-state index contributed by atoms with van der Waals surface area (Å²) in [4.78, 5) is 1.35. The van der Waals surface area contributed by atoms with Gasteiger partial charge in [0.2, 0.25) is 0 Å². The maximum atomic E-state index is 6.28. The van der Waals surface area contributed by atoms with Crippen molar-refractivity contribution in [3.05, 3.63) is 263 Å². The van der Waals surface area contributed by atoms with E-state index in [1.807, 2.05) is 23.5 Å². The first kappa shape index (κ1) is 35.4. The molecular weight excluding hydrogens is 757 g/mol. The van der Waals surface area contributed by atoms with Crippen molar-refractivity contribution in [2.45, 2.75) is 5.41 Å². The van der Waals surface area contributed by atoms with Crippen molar-refractivity contribution in [3.8, 4) is 32.7 Å². The molecule has 0 saturated heterocycles. The largest absolute Gasteiger partial charge is 0.456 e. The second kappa shape index (κ2) is 14.3. The van der Waals surface area contributed by atoms with Crippen LogP contribution < -0.4 is 0 Å². The number of hydrogen-bond donors (Lipinski definition) is 0. The summed E-state index contributed by atoms with van der Waals surface area (Å²) in [5.74, 6) is 0. The van der Waals surface area contributed by atoms with E-state index in [1.54, 1.807) is 0 Å². The molecule has 9 aromatic carbocycles. The lowest BCUT2D eigenvalue weighted by molar-refractivity contribution is 0.669. The third-order valence-electron chi connectivity index (χ3n) is 12.6. The van der Waals surface area contributed by atoms with Gasteiger partial charge in [-0.1, -0.05) is 188 Å². The lowest BCUT2D eigenvalue weighted by Crippen LogP contribution is -2.28. The molecule has 0 radical (unpaired) electrons. The average Bonchev–Trinajstić information content (AvgIpc) is 4.00. The molecule has 1 aliphatic rings. The summed E-state index contributed by atoms with van der Waals surface area (Å²) < 4.78 is 7.59. The number of fused-ring (bicyclic) bond motifs is 8. The standard InChI is InChI=1S/C59H38OS/c1-4-15-40(16-5-1)41-29-27-39(28-30-41)35-50(45-32-34-55-51(38-45)48-23-10-12-25-54(48)60-55)44-18-14-17-42(36-44)43-31-33-53-52(37-43)58-57(49-24-11-13-26-56(49)61-58)59(53,46-19-6-2-7-20-46)47-21-8-3-9-22-47/h1-38H/b50-35+. The molecule has 2 heterocycles. The maximum Gasteiger partial charge on any atom is 0.135 e. The Bertz CT molecular complexity index is 3400. The van der Waals surface area contributed by atoms with Gasteiger partial charge in [-0.3, -0.25) is 0 Å². The molecule has 0 aliphatic heterocycles. The van der Waals surface area contributed by atoms with Crippen molar-refractivity contribution in [1.29, 1.82) is 0 Å². The molecule has 0 bridgehead atoms. The van der Waals surface area contributed by atoms with E-state index in [9.17, 15) is 0 Å². The molecule has 0 saturated carbocycles. The highest BCUT2D eigenvalue weighted by Gasteiger charge is 2.48. The molecule has 2 heteroatoms. The molecule has 1 nitrogen and oxygen atoms in total. The SMILES string of the molecule is C(=C(/c1cccc(-c2ccc3c(c2)-c2sc4ccccc4c2C3(c2ccccc2)c2ccccc2)c1)c1ccc2oc3ccccc3c2c1)/c1ccc(-c2ccccc2)cc1. The second-order valence-electron chi connectivity index (χ2n) is 16.0. The molecular formula is C59H38OS. The van der Waals surface area contributed by atoms with E-state index in [-0.39, 0.29) is 0 Å². The van der Waals surface area contributed by atoms with Crippen LogP contribution in [-0.4, -0.2) is 0 Å². The van der Waals surface area contributed by atoms with E-state index in [0.29, 0.717) is 0 Å². The van der Waals surface area contributed by atoms with Gasteiger partial charge in [-0.05, 0) is 120 Å². The van der Waals surface area contributed by atoms with Crippen LogP contribution in [0.1, 0.15) is 38.9 Å². The minimum absolute atomic E-state index is 0.449. The van der Waals surface area contributed by atoms with Crippen molar-refractivity contribution < 1.29 is 4.42 Å². The first-order chi connectivity index (χ1) is 30.2. The number of rotatable bonds is 7. The molecule has 1 aliphatic carbocycles. The normalized spacial score (nSPS) is 13.1. The van der Waals surface area contributed by atoms with Gasteiger partial charge in [0.1, 0.15) is 11.2 Å². The Morgan fingerprint density at radius 2 is 1.02 bits per heavy atom. The van der Waals surface area contributed by atoms with Gasteiger partial charge in [-0.15, -0.1) is 11.3 Å². The Hall–Kier alpha value is -7.52. The van der Waals surface area contributed by atoms with Crippen molar-refractivity contribution in [3.63, 3.8) is 0 Å². The van der Waals surface area contributed by atoms with E-state index < -0.39 is 5.41 Å². The summed E-state index contributed by atoms with van der Waals surface area (Å²) >= 11 is 1.92. The molecule has 0 atom stereocenters. The number of benzene rings is 9. The van der Waals surface area contributed by atoms with Gasteiger partial charge in [0.15, 0.2) is 0 Å². The van der Waals surface area contributed by atoms with E-state index in [0.717, 1.165) is 44.2 Å². The van der Waals surface area contributed by atoms with Crippen LogP contribution in [0.5, 0.6) is 0 Å². The fourth-order valence-electron chi connectivity index (χ4n) is 9.79. The Morgan fingerprint density at radius 1 is 0.426 bits per heavy atom. The number of hydrogen-bond acceptors (Lipinski definition) is 2. The van der Waals surface area contributed by atoms with Crippen LogP contribution in [0, 0.1) is 0 Å². The van der Waals surface area contributed by atoms with Crippen LogP contribution >= 0.6 is 11.3 Å². The zero-order valence-corrected chi connectivity index (χ0v) is 34.1. The highest BCUT2D eigenvalue weighted by molar-refractivity contribution is 7.22. The predicted octanol–water partition coefficient (Wildman–Crippen LogP) is 16.1. The highest BCUT2D eigenvalue weighted by atomic mass is 32.1. The molecule has 0 unspecified atom stereocenters. The van der Waals surface area contributed by atoms with Crippen molar-refractivity contribution in [2.24, 2.45) is 0 Å². The van der Waals surface area contributed by atoms with E-state index in [2.05, 4.69) is 218 Å². The van der Waals surface area contributed by atoms with Gasteiger partial charge >= 0.3 is 0 Å². The van der Waals surface area contributed by atoms with Crippen LogP contribution in [0.2, 0.25) is 0 Å². The maximum absolute atomic E-state index is 6.28. The summed E-state index contributed by atoms with van der Waals surface area (Å²) in [7, 11) is 0. The molecule has 286 valence electrons. The fourth-order valence-corrected chi connectivity index (χ4v) is 11.1. The summed E-state index contributed by atoms with van der Waals surface area (Å²) in [6.07, 6.45) is 2.33. The molecule has 0 amide bonds. The molecule has 11 aromatic rings. The van der Waals surface area contributed by atoms with Gasteiger partial charge in [-0.25, -0.2) is 0 Å². The molecule has 2 aromatic heterocycles. The van der Waals surface area contributed by atoms with E-state index in [1.165, 1.54) is 65.0 Å². The minimum atomic E-state index is -0.449. The van der Waals surface area contributed by atoms with Crippen LogP contribution in [-0.2, 0) is 5.41 Å². The second-order valence-corrected chi connectivity index (χ2v) is 17.0. The van der Waals surface area contributed by atoms with Crippen LogP contribution in [0.3, 0.4) is 0 Å². The number of thiophene rings is 1. The Morgan fingerprint density at radius 3 is 1.79 bits per heavy atom. The monoisotopic (exact) mass is 794 g/mol. The van der Waals surface area contributed by atoms with Gasteiger partial charge in [0.25, 0.3) is 0 Å². The lowest BCUT2D eigenvalue weighted by atomic mass is 9.67. The third-order valence-corrected chi connectivity index (χ3v) is 13.8. The summed E-state index contributed by atoms with van der Waals surface area (Å²) in [6.45, 7) is 0. The topological polar surface area (TPSA) is 13.1 Å². The number of para-hydroxylation sites is 1. The molecule has 0 fully saturated rings. The molecule has 12 rings (SSSR count). The molecule has 61 heavy (non-hydrogen) atoms. The smallest absolute Gasteiger partial charge is 0.135 e. The first-order valence-electron chi connectivity index (χ1n) is 20.9. The van der Waals surface area contributed by atoms with Crippen molar-refractivity contribution >= 4 is 55.0 Å². The minimum Gasteiger partial charge on any atom is -0.456 e. The zero-order chi connectivity index (χ0) is 40.3. The van der Waals surface area contributed by atoms with Crippen LogP contribution in [0.25, 0.3) is 76.4 Å². The highest BCUT2D eigenvalue weighted by Crippen LogP contribution is 2.61. The van der Waals surface area contributed by atoms with Crippen molar-refractivity contribution in [1.82, 2.24) is 0 Å². The molecule has 0 spiro atoms. The Balaban J connectivity index is 1.03. The number of furan rings is 1.